The van der Waals surface area contributed by atoms with Crippen LogP contribution in [0.1, 0.15) is 39.0 Å². The Labute approximate surface area is 147 Å². The van der Waals surface area contributed by atoms with E-state index in [4.69, 9.17) is 18.7 Å². The van der Waals surface area contributed by atoms with E-state index in [0.717, 1.165) is 22.2 Å². The minimum Gasteiger partial charge on any atom is -0.477 e. The number of aromatic amines is 2. The van der Waals surface area contributed by atoms with Crippen molar-refractivity contribution in [2.45, 2.75) is 20.8 Å². The highest BCUT2D eigenvalue weighted by Crippen LogP contribution is 2.21. The summed E-state index contributed by atoms with van der Waals surface area (Å²) in [4.78, 5) is 27.5. The normalized spacial score (nSPS) is 10.7. The number of esters is 1. The second-order valence-corrected chi connectivity index (χ2v) is 5.71. The van der Waals surface area contributed by atoms with Crippen LogP contribution in [-0.4, -0.2) is 33.6 Å². The SMILES string of the molecule is CCOC(=O)c1cc2occ(C)c2[nH]1.Cc1coc2cc(C(=O)O)[nH]c12. The zero-order chi connectivity index (χ0) is 18.8. The zero-order valence-electron chi connectivity index (χ0n) is 14.5. The highest BCUT2D eigenvalue weighted by Gasteiger charge is 2.13. The van der Waals surface area contributed by atoms with E-state index in [1.807, 2.05) is 13.8 Å². The molecule has 8 nitrogen and oxygen atoms in total. The van der Waals surface area contributed by atoms with E-state index in [1.54, 1.807) is 25.5 Å². The molecular formula is C18H18N2O6. The molecule has 3 N–H and O–H groups in total. The molecule has 0 amide bonds. The first-order valence-corrected chi connectivity index (χ1v) is 7.94. The molecule has 0 atom stereocenters. The molecule has 26 heavy (non-hydrogen) atoms. The monoisotopic (exact) mass is 358 g/mol. The molecule has 0 aliphatic rings. The molecule has 8 heteroatoms. The van der Waals surface area contributed by atoms with Gasteiger partial charge in [-0.2, -0.15) is 0 Å². The molecule has 0 radical (unpaired) electrons. The third-order valence-corrected chi connectivity index (χ3v) is 3.80. The van der Waals surface area contributed by atoms with E-state index >= 15 is 0 Å². The molecule has 0 saturated carbocycles. The van der Waals surface area contributed by atoms with Crippen molar-refractivity contribution in [1.82, 2.24) is 9.97 Å². The number of furan rings is 2. The summed E-state index contributed by atoms with van der Waals surface area (Å²) in [5.41, 5.74) is 5.38. The van der Waals surface area contributed by atoms with Crippen LogP contribution in [0.25, 0.3) is 22.2 Å². The number of aromatic carboxylic acids is 1. The predicted octanol–water partition coefficient (Wildman–Crippen LogP) is 4.01. The minimum atomic E-state index is -0.971. The van der Waals surface area contributed by atoms with E-state index in [9.17, 15) is 9.59 Å². The number of hydrogen-bond acceptors (Lipinski definition) is 5. The molecule has 0 aliphatic heterocycles. The van der Waals surface area contributed by atoms with Gasteiger partial charge in [0.25, 0.3) is 0 Å². The Kier molecular flexibility index (Phi) is 4.57. The first-order valence-electron chi connectivity index (χ1n) is 7.94. The maximum Gasteiger partial charge on any atom is 0.354 e. The summed E-state index contributed by atoms with van der Waals surface area (Å²) in [7, 11) is 0. The average Bonchev–Trinajstić information content (AvgIpc) is 3.33. The van der Waals surface area contributed by atoms with Crippen molar-refractivity contribution in [3.8, 4) is 0 Å². The van der Waals surface area contributed by atoms with Gasteiger partial charge in [-0.3, -0.25) is 0 Å². The first kappa shape index (κ1) is 17.4. The van der Waals surface area contributed by atoms with Gasteiger partial charge >= 0.3 is 11.9 Å². The number of carbonyl (C=O) groups excluding carboxylic acids is 1. The van der Waals surface area contributed by atoms with Gasteiger partial charge in [0.15, 0.2) is 11.2 Å². The Balaban J connectivity index is 0.000000152. The Morgan fingerprint density at radius 3 is 1.96 bits per heavy atom. The molecule has 0 aliphatic carbocycles. The molecule has 4 rings (SSSR count). The van der Waals surface area contributed by atoms with Gasteiger partial charge in [0.2, 0.25) is 0 Å². The predicted molar refractivity (Wildman–Crippen MR) is 93.5 cm³/mol. The van der Waals surface area contributed by atoms with Gasteiger partial charge in [-0.1, -0.05) is 0 Å². The van der Waals surface area contributed by atoms with E-state index in [0.29, 0.717) is 23.5 Å². The lowest BCUT2D eigenvalue weighted by molar-refractivity contribution is 0.0520. The second-order valence-electron chi connectivity index (χ2n) is 5.71. The lowest BCUT2D eigenvalue weighted by atomic mass is 10.3. The zero-order valence-corrected chi connectivity index (χ0v) is 14.5. The number of fused-ring (bicyclic) bond motifs is 2. The summed E-state index contributed by atoms with van der Waals surface area (Å²) in [6.07, 6.45) is 3.24. The largest absolute Gasteiger partial charge is 0.477 e. The molecule has 4 heterocycles. The highest BCUT2D eigenvalue weighted by molar-refractivity contribution is 5.94. The van der Waals surface area contributed by atoms with Gasteiger partial charge in [0.1, 0.15) is 11.4 Å². The Bertz CT molecular complexity index is 1080. The van der Waals surface area contributed by atoms with Crippen molar-refractivity contribution >= 4 is 34.1 Å². The van der Waals surface area contributed by atoms with E-state index in [-0.39, 0.29) is 11.7 Å². The van der Waals surface area contributed by atoms with Crippen LogP contribution in [0.5, 0.6) is 0 Å². The fourth-order valence-electron chi connectivity index (χ4n) is 2.50. The van der Waals surface area contributed by atoms with Crippen LogP contribution in [-0.2, 0) is 4.74 Å². The molecule has 0 saturated heterocycles. The number of nitrogens with one attached hydrogen (secondary N) is 2. The summed E-state index contributed by atoms with van der Waals surface area (Å²) >= 11 is 0. The number of carbonyl (C=O) groups is 2. The summed E-state index contributed by atoms with van der Waals surface area (Å²) in [6.45, 7) is 5.92. The van der Waals surface area contributed by atoms with Crippen LogP contribution in [0.3, 0.4) is 0 Å². The molecule has 0 aromatic carbocycles. The smallest absolute Gasteiger partial charge is 0.354 e. The fraction of sp³-hybridized carbons (Fsp3) is 0.222. The minimum absolute atomic E-state index is 0.160. The number of carboxylic acid groups (broad SMARTS) is 1. The average molecular weight is 358 g/mol. The van der Waals surface area contributed by atoms with Crippen LogP contribution in [0.2, 0.25) is 0 Å². The Morgan fingerprint density at radius 1 is 1.00 bits per heavy atom. The summed E-state index contributed by atoms with van der Waals surface area (Å²) in [6, 6.07) is 3.13. The number of carboxylic acids is 1. The molecule has 0 fully saturated rings. The third kappa shape index (κ3) is 3.21. The standard InChI is InChI=1S/C10H11NO3.C8H7NO3/c1-3-13-10(12)7-4-8-9(11-7)6(2)5-14-8;1-4-3-12-6-2-5(8(10)11)9-7(4)6/h4-5,11H,3H2,1-2H3;2-3,9H,1H3,(H,10,11). The second kappa shape index (κ2) is 6.83. The van der Waals surface area contributed by atoms with Crippen molar-refractivity contribution in [1.29, 1.82) is 0 Å². The summed E-state index contributed by atoms with van der Waals surface area (Å²) in [5.74, 6) is -1.32. The van der Waals surface area contributed by atoms with Crippen molar-refractivity contribution in [2.24, 2.45) is 0 Å². The maximum atomic E-state index is 11.3. The number of aryl methyl sites for hydroxylation is 2. The van der Waals surface area contributed by atoms with E-state index < -0.39 is 5.97 Å². The lowest BCUT2D eigenvalue weighted by Crippen LogP contribution is -2.04. The van der Waals surface area contributed by atoms with Crippen molar-refractivity contribution in [3.63, 3.8) is 0 Å². The molecule has 136 valence electrons. The van der Waals surface area contributed by atoms with Crippen molar-refractivity contribution in [3.05, 3.63) is 47.2 Å². The first-order chi connectivity index (χ1) is 12.4. The van der Waals surface area contributed by atoms with Crippen molar-refractivity contribution in [2.75, 3.05) is 6.61 Å². The summed E-state index contributed by atoms with van der Waals surface area (Å²) in [5, 5.41) is 8.62. The summed E-state index contributed by atoms with van der Waals surface area (Å²) < 4.78 is 15.2. The van der Waals surface area contributed by atoms with Gasteiger partial charge in [-0.05, 0) is 20.8 Å². The highest BCUT2D eigenvalue weighted by atomic mass is 16.5. The van der Waals surface area contributed by atoms with Gasteiger partial charge in [-0.15, -0.1) is 0 Å². The van der Waals surface area contributed by atoms with Crippen LogP contribution in [0.4, 0.5) is 0 Å². The topological polar surface area (TPSA) is 121 Å². The Morgan fingerprint density at radius 2 is 1.50 bits per heavy atom. The number of ether oxygens (including phenoxy) is 1. The third-order valence-electron chi connectivity index (χ3n) is 3.80. The molecule has 0 bridgehead atoms. The number of hydrogen-bond donors (Lipinski definition) is 3. The molecule has 0 unspecified atom stereocenters. The van der Waals surface area contributed by atoms with E-state index in [1.165, 1.54) is 6.07 Å². The lowest BCUT2D eigenvalue weighted by Gasteiger charge is -1.96. The fourth-order valence-corrected chi connectivity index (χ4v) is 2.50. The number of H-pyrrole nitrogens is 2. The van der Waals surface area contributed by atoms with E-state index in [2.05, 4.69) is 9.97 Å². The number of rotatable bonds is 3. The van der Waals surface area contributed by atoms with Crippen LogP contribution < -0.4 is 0 Å². The van der Waals surface area contributed by atoms with Crippen molar-refractivity contribution < 1.29 is 28.3 Å². The number of aromatic nitrogens is 2. The molecule has 0 spiro atoms. The van der Waals surface area contributed by atoms with Crippen LogP contribution in [0.15, 0.2) is 33.5 Å². The molecule has 4 aromatic heterocycles. The quantitative estimate of drug-likeness (QED) is 0.476. The van der Waals surface area contributed by atoms with Gasteiger partial charge in [0, 0.05) is 23.3 Å². The van der Waals surface area contributed by atoms with Gasteiger partial charge in [-0.25, -0.2) is 9.59 Å². The van der Waals surface area contributed by atoms with Crippen LogP contribution >= 0.6 is 0 Å². The van der Waals surface area contributed by atoms with Gasteiger partial charge < -0.3 is 28.6 Å². The van der Waals surface area contributed by atoms with Gasteiger partial charge in [0.05, 0.1) is 30.2 Å². The Hall–Kier alpha value is -3.42. The maximum absolute atomic E-state index is 11.3. The van der Waals surface area contributed by atoms with Crippen LogP contribution in [0, 0.1) is 13.8 Å². The molecule has 4 aromatic rings. The molecular weight excluding hydrogens is 340 g/mol.